The summed E-state index contributed by atoms with van der Waals surface area (Å²) in [5, 5.41) is 8.77. The van der Waals surface area contributed by atoms with Crippen LogP contribution >= 0.6 is 0 Å². The van der Waals surface area contributed by atoms with E-state index in [2.05, 4.69) is 0 Å². The third-order valence-electron chi connectivity index (χ3n) is 1.97. The second-order valence-corrected chi connectivity index (χ2v) is 3.17. The minimum absolute atomic E-state index is 0.538. The zero-order chi connectivity index (χ0) is 8.97. The fourth-order valence-electron chi connectivity index (χ4n) is 1.07. The highest BCUT2D eigenvalue weighted by Crippen LogP contribution is 2.35. The Morgan fingerprint density at radius 2 is 2.25 bits per heavy atom. The van der Waals surface area contributed by atoms with Crippen molar-refractivity contribution in [2.75, 3.05) is 0 Å². The number of allylic oxidation sites excluding steroid dienone is 3. The Hall–Kier alpha value is -1.05. The highest BCUT2D eigenvalue weighted by atomic mass is 16.4. The first kappa shape index (κ1) is 9.04. The van der Waals surface area contributed by atoms with Crippen LogP contribution in [0.4, 0.5) is 0 Å². The summed E-state index contributed by atoms with van der Waals surface area (Å²) in [5.74, 6) is -0.141. The van der Waals surface area contributed by atoms with Gasteiger partial charge in [-0.15, -0.1) is 0 Å². The first-order valence-corrected chi connectivity index (χ1v) is 4.29. The summed E-state index contributed by atoms with van der Waals surface area (Å²) in [6, 6.07) is 0. The molecule has 1 saturated carbocycles. The van der Waals surface area contributed by atoms with Crippen LogP contribution in [0.2, 0.25) is 0 Å². The van der Waals surface area contributed by atoms with E-state index in [0.717, 1.165) is 6.42 Å². The van der Waals surface area contributed by atoms with E-state index in [1.807, 2.05) is 13.0 Å². The van der Waals surface area contributed by atoms with Crippen LogP contribution in [0, 0.1) is 5.92 Å². The van der Waals surface area contributed by atoms with Gasteiger partial charge >= 0.3 is 5.97 Å². The summed E-state index contributed by atoms with van der Waals surface area (Å²) in [4.78, 5) is 10.7. The molecule has 1 fully saturated rings. The summed E-state index contributed by atoms with van der Waals surface area (Å²) in [7, 11) is 0. The number of carbonyl (C=O) groups is 1. The fraction of sp³-hybridized carbons (Fsp3) is 0.500. The average molecular weight is 166 g/mol. The highest BCUT2D eigenvalue weighted by molar-refractivity contribution is 5.87. The molecule has 66 valence electrons. The monoisotopic (exact) mass is 166 g/mol. The number of hydrogen-bond acceptors (Lipinski definition) is 1. The summed E-state index contributed by atoms with van der Waals surface area (Å²) < 4.78 is 0. The molecule has 0 saturated heterocycles. The molecule has 0 spiro atoms. The largest absolute Gasteiger partial charge is 0.478 e. The fourth-order valence-corrected chi connectivity index (χ4v) is 1.07. The van der Waals surface area contributed by atoms with Crippen LogP contribution in [-0.2, 0) is 4.79 Å². The lowest BCUT2D eigenvalue weighted by Crippen LogP contribution is -2.00. The predicted octanol–water partition coefficient (Wildman–Crippen LogP) is 2.37. The van der Waals surface area contributed by atoms with Crippen molar-refractivity contribution in [1.82, 2.24) is 0 Å². The van der Waals surface area contributed by atoms with Gasteiger partial charge in [0.2, 0.25) is 0 Å². The Balaban J connectivity index is 2.52. The lowest BCUT2D eigenvalue weighted by molar-refractivity contribution is -0.132. The Morgan fingerprint density at radius 1 is 1.58 bits per heavy atom. The maximum absolute atomic E-state index is 10.7. The van der Waals surface area contributed by atoms with Crippen molar-refractivity contribution in [1.29, 1.82) is 0 Å². The summed E-state index contributed by atoms with van der Waals surface area (Å²) in [5.41, 5.74) is 0.538. The molecule has 2 nitrogen and oxygen atoms in total. The van der Waals surface area contributed by atoms with E-state index in [1.165, 1.54) is 12.8 Å². The maximum Gasteiger partial charge on any atom is 0.331 e. The number of carboxylic acid groups (broad SMARTS) is 1. The molecule has 0 aromatic heterocycles. The van der Waals surface area contributed by atoms with Gasteiger partial charge in [0.05, 0.1) is 0 Å². The van der Waals surface area contributed by atoms with Gasteiger partial charge in [0.1, 0.15) is 0 Å². The third-order valence-corrected chi connectivity index (χ3v) is 1.97. The molecule has 1 aliphatic rings. The maximum atomic E-state index is 10.7. The molecule has 1 N–H and O–H groups in total. The Morgan fingerprint density at radius 3 is 2.67 bits per heavy atom. The SMILES string of the molecule is C/C=C/C=C(\CC1CC1)C(=O)O. The minimum atomic E-state index is -0.778. The molecule has 0 unspecified atom stereocenters. The van der Waals surface area contributed by atoms with Crippen molar-refractivity contribution in [2.24, 2.45) is 5.92 Å². The van der Waals surface area contributed by atoms with Crippen LogP contribution < -0.4 is 0 Å². The van der Waals surface area contributed by atoms with E-state index in [9.17, 15) is 4.79 Å². The molecule has 0 aromatic rings. The quantitative estimate of drug-likeness (QED) is 0.514. The van der Waals surface area contributed by atoms with E-state index in [4.69, 9.17) is 5.11 Å². The van der Waals surface area contributed by atoms with Crippen molar-refractivity contribution in [2.45, 2.75) is 26.2 Å². The standard InChI is InChI=1S/C10H14O2/c1-2-3-4-9(10(11)12)7-8-5-6-8/h2-4,8H,5-7H2,1H3,(H,11,12)/b3-2+,9-4+. The van der Waals surface area contributed by atoms with E-state index in [0.29, 0.717) is 11.5 Å². The summed E-state index contributed by atoms with van der Waals surface area (Å²) in [6.45, 7) is 1.88. The number of aliphatic carboxylic acids is 1. The topological polar surface area (TPSA) is 37.3 Å². The Labute approximate surface area is 72.6 Å². The van der Waals surface area contributed by atoms with E-state index >= 15 is 0 Å². The molecule has 1 rings (SSSR count). The van der Waals surface area contributed by atoms with Crippen LogP contribution in [0.1, 0.15) is 26.2 Å². The predicted molar refractivity (Wildman–Crippen MR) is 47.9 cm³/mol. The van der Waals surface area contributed by atoms with Gasteiger partial charge in [-0.2, -0.15) is 0 Å². The number of rotatable bonds is 4. The molecule has 2 heteroatoms. The van der Waals surface area contributed by atoms with Gasteiger partial charge in [-0.05, 0) is 32.1 Å². The van der Waals surface area contributed by atoms with Crippen molar-refractivity contribution < 1.29 is 9.90 Å². The molecule has 0 radical (unpaired) electrons. The first-order chi connectivity index (χ1) is 5.74. The van der Waals surface area contributed by atoms with Crippen LogP contribution in [0.15, 0.2) is 23.8 Å². The van der Waals surface area contributed by atoms with Crippen molar-refractivity contribution in [3.05, 3.63) is 23.8 Å². The van der Waals surface area contributed by atoms with Gasteiger partial charge in [-0.25, -0.2) is 4.79 Å². The van der Waals surface area contributed by atoms with Crippen LogP contribution in [0.3, 0.4) is 0 Å². The molecular formula is C10H14O2. The zero-order valence-corrected chi connectivity index (χ0v) is 7.29. The van der Waals surface area contributed by atoms with Gasteiger partial charge in [-0.1, -0.05) is 18.2 Å². The molecule has 0 amide bonds. The molecule has 0 heterocycles. The van der Waals surface area contributed by atoms with Crippen molar-refractivity contribution >= 4 is 5.97 Å². The van der Waals surface area contributed by atoms with Crippen LogP contribution in [-0.4, -0.2) is 11.1 Å². The van der Waals surface area contributed by atoms with E-state index < -0.39 is 5.97 Å². The number of carboxylic acids is 1. The van der Waals surface area contributed by atoms with Gasteiger partial charge in [0, 0.05) is 5.57 Å². The normalized spacial score (nSPS) is 18.6. The molecule has 0 bridgehead atoms. The molecular weight excluding hydrogens is 152 g/mol. The smallest absolute Gasteiger partial charge is 0.331 e. The molecule has 0 aromatic carbocycles. The van der Waals surface area contributed by atoms with Crippen molar-refractivity contribution in [3.8, 4) is 0 Å². The second-order valence-electron chi connectivity index (χ2n) is 3.17. The van der Waals surface area contributed by atoms with E-state index in [1.54, 1.807) is 12.2 Å². The van der Waals surface area contributed by atoms with Gasteiger partial charge in [0.25, 0.3) is 0 Å². The van der Waals surface area contributed by atoms with Gasteiger partial charge < -0.3 is 5.11 Å². The van der Waals surface area contributed by atoms with Crippen LogP contribution in [0.5, 0.6) is 0 Å². The summed E-state index contributed by atoms with van der Waals surface area (Å²) in [6.07, 6.45) is 8.45. The van der Waals surface area contributed by atoms with Crippen LogP contribution in [0.25, 0.3) is 0 Å². The highest BCUT2D eigenvalue weighted by Gasteiger charge is 2.24. The van der Waals surface area contributed by atoms with Gasteiger partial charge in [0.15, 0.2) is 0 Å². The molecule has 0 aliphatic heterocycles. The van der Waals surface area contributed by atoms with E-state index in [-0.39, 0.29) is 0 Å². The average Bonchev–Trinajstić information content (AvgIpc) is 2.80. The minimum Gasteiger partial charge on any atom is -0.478 e. The molecule has 12 heavy (non-hydrogen) atoms. The third kappa shape index (κ3) is 2.91. The lowest BCUT2D eigenvalue weighted by Gasteiger charge is -1.97. The molecule has 0 atom stereocenters. The second kappa shape index (κ2) is 4.10. The van der Waals surface area contributed by atoms with Gasteiger partial charge in [-0.3, -0.25) is 0 Å². The van der Waals surface area contributed by atoms with Crippen molar-refractivity contribution in [3.63, 3.8) is 0 Å². The molecule has 1 aliphatic carbocycles. The zero-order valence-electron chi connectivity index (χ0n) is 7.29. The number of hydrogen-bond donors (Lipinski definition) is 1. The summed E-state index contributed by atoms with van der Waals surface area (Å²) >= 11 is 0. The Bertz CT molecular complexity index is 222. The lowest BCUT2D eigenvalue weighted by atomic mass is 10.1. The Kier molecular flexibility index (Phi) is 3.09. The first-order valence-electron chi connectivity index (χ1n) is 4.29.